The highest BCUT2D eigenvalue weighted by Crippen LogP contribution is 2.21. The van der Waals surface area contributed by atoms with Gasteiger partial charge in [0.1, 0.15) is 11.6 Å². The lowest BCUT2D eigenvalue weighted by atomic mass is 10.1. The second-order valence-electron chi connectivity index (χ2n) is 3.25. The molecular weight excluding hydrogens is 220 g/mol. The van der Waals surface area contributed by atoms with Gasteiger partial charge >= 0.3 is 0 Å². The zero-order chi connectivity index (χ0) is 11.4. The molecule has 0 N–H and O–H groups in total. The van der Waals surface area contributed by atoms with Gasteiger partial charge in [0.15, 0.2) is 0 Å². The molecule has 0 spiro atoms. The minimum atomic E-state index is 0.539. The highest BCUT2D eigenvalue weighted by molar-refractivity contribution is 7.79. The van der Waals surface area contributed by atoms with Crippen molar-refractivity contribution >= 4 is 12.6 Å². The van der Waals surface area contributed by atoms with Crippen LogP contribution in [0.25, 0.3) is 11.3 Å². The van der Waals surface area contributed by atoms with Gasteiger partial charge in [0, 0.05) is 11.8 Å². The minimum Gasteiger partial charge on any atom is -0.497 e. The Morgan fingerprint density at radius 2 is 2.19 bits per heavy atom. The number of benzene rings is 1. The van der Waals surface area contributed by atoms with E-state index in [1.165, 1.54) is 0 Å². The number of nitrogens with zero attached hydrogens (tertiary/aromatic N) is 2. The van der Waals surface area contributed by atoms with E-state index in [2.05, 4.69) is 22.6 Å². The van der Waals surface area contributed by atoms with Crippen molar-refractivity contribution in [2.45, 2.75) is 5.75 Å². The van der Waals surface area contributed by atoms with Crippen LogP contribution in [0.4, 0.5) is 0 Å². The minimum absolute atomic E-state index is 0.539. The molecule has 1 aromatic heterocycles. The van der Waals surface area contributed by atoms with E-state index < -0.39 is 0 Å². The van der Waals surface area contributed by atoms with Crippen molar-refractivity contribution in [1.82, 2.24) is 9.97 Å². The van der Waals surface area contributed by atoms with Gasteiger partial charge < -0.3 is 4.74 Å². The van der Waals surface area contributed by atoms with E-state index in [4.69, 9.17) is 4.74 Å². The number of rotatable bonds is 3. The van der Waals surface area contributed by atoms with Gasteiger partial charge in [0.05, 0.1) is 18.6 Å². The lowest BCUT2D eigenvalue weighted by Gasteiger charge is -2.04. The van der Waals surface area contributed by atoms with Crippen LogP contribution in [0, 0.1) is 0 Å². The molecule has 0 aliphatic carbocycles. The largest absolute Gasteiger partial charge is 0.497 e. The topological polar surface area (TPSA) is 35.0 Å². The average molecular weight is 232 g/mol. The van der Waals surface area contributed by atoms with Crippen LogP contribution in [-0.2, 0) is 5.75 Å². The molecule has 0 atom stereocenters. The molecule has 0 saturated carbocycles. The maximum absolute atomic E-state index is 5.17. The Labute approximate surface area is 99.9 Å². The smallest absolute Gasteiger partial charge is 0.138 e. The Morgan fingerprint density at radius 1 is 1.31 bits per heavy atom. The summed E-state index contributed by atoms with van der Waals surface area (Å²) in [5.41, 5.74) is 1.91. The first-order valence-electron chi connectivity index (χ1n) is 4.90. The van der Waals surface area contributed by atoms with Crippen LogP contribution in [0.3, 0.4) is 0 Å². The van der Waals surface area contributed by atoms with Crippen LogP contribution in [0.15, 0.2) is 36.5 Å². The fourth-order valence-electron chi connectivity index (χ4n) is 1.42. The lowest BCUT2D eigenvalue weighted by Crippen LogP contribution is -1.93. The second-order valence-corrected chi connectivity index (χ2v) is 3.56. The molecule has 16 heavy (non-hydrogen) atoms. The third-order valence-electron chi connectivity index (χ3n) is 2.21. The number of ether oxygens (including phenoxy) is 1. The fraction of sp³-hybridized carbons (Fsp3) is 0.167. The molecule has 0 amide bonds. The second kappa shape index (κ2) is 4.99. The normalized spacial score (nSPS) is 10.1. The Balaban J connectivity index is 2.41. The van der Waals surface area contributed by atoms with Crippen LogP contribution in [0.2, 0.25) is 0 Å². The van der Waals surface area contributed by atoms with E-state index in [0.29, 0.717) is 5.75 Å². The molecule has 1 aromatic carbocycles. The zero-order valence-electron chi connectivity index (χ0n) is 8.92. The molecule has 4 heteroatoms. The van der Waals surface area contributed by atoms with E-state index in [1.807, 2.05) is 30.3 Å². The molecule has 3 nitrogen and oxygen atoms in total. The van der Waals surface area contributed by atoms with E-state index in [9.17, 15) is 0 Å². The van der Waals surface area contributed by atoms with E-state index >= 15 is 0 Å². The average Bonchev–Trinajstić information content (AvgIpc) is 2.39. The summed E-state index contributed by atoms with van der Waals surface area (Å²) >= 11 is 4.16. The number of hydrogen-bond acceptors (Lipinski definition) is 4. The number of thiol groups is 1. The lowest BCUT2D eigenvalue weighted by molar-refractivity contribution is 0.415. The monoisotopic (exact) mass is 232 g/mol. The third kappa shape index (κ3) is 2.33. The highest BCUT2D eigenvalue weighted by Gasteiger charge is 2.02. The van der Waals surface area contributed by atoms with Gasteiger partial charge in [0.2, 0.25) is 0 Å². The van der Waals surface area contributed by atoms with Crippen LogP contribution < -0.4 is 4.74 Å². The summed E-state index contributed by atoms with van der Waals surface area (Å²) in [5, 5.41) is 0. The molecule has 0 bridgehead atoms. The summed E-state index contributed by atoms with van der Waals surface area (Å²) in [6, 6.07) is 9.67. The van der Waals surface area contributed by atoms with Gasteiger partial charge in [0.25, 0.3) is 0 Å². The summed E-state index contributed by atoms with van der Waals surface area (Å²) < 4.78 is 5.17. The molecule has 1 heterocycles. The molecule has 0 unspecified atom stereocenters. The standard InChI is InChI=1S/C12H12N2OS/c1-15-10-4-2-3-9(7-10)11-5-6-13-12(8-16)14-11/h2-7,16H,8H2,1H3. The molecule has 0 aliphatic heterocycles. The SMILES string of the molecule is COc1cccc(-c2ccnc(CS)n2)c1. The van der Waals surface area contributed by atoms with Crippen molar-refractivity contribution in [3.63, 3.8) is 0 Å². The Kier molecular flexibility index (Phi) is 3.41. The Morgan fingerprint density at radius 3 is 2.94 bits per heavy atom. The van der Waals surface area contributed by atoms with Crippen molar-refractivity contribution < 1.29 is 4.74 Å². The maximum atomic E-state index is 5.17. The summed E-state index contributed by atoms with van der Waals surface area (Å²) in [5.74, 6) is 2.09. The summed E-state index contributed by atoms with van der Waals surface area (Å²) in [4.78, 5) is 8.50. The van der Waals surface area contributed by atoms with Crippen molar-refractivity contribution in [3.8, 4) is 17.0 Å². The number of aromatic nitrogens is 2. The van der Waals surface area contributed by atoms with Gasteiger partial charge in [-0.1, -0.05) is 12.1 Å². The van der Waals surface area contributed by atoms with E-state index in [-0.39, 0.29) is 0 Å². The van der Waals surface area contributed by atoms with Gasteiger partial charge in [-0.15, -0.1) is 0 Å². The van der Waals surface area contributed by atoms with Crippen molar-refractivity contribution in [3.05, 3.63) is 42.4 Å². The van der Waals surface area contributed by atoms with Gasteiger partial charge in [-0.3, -0.25) is 0 Å². The molecule has 2 aromatic rings. The van der Waals surface area contributed by atoms with Crippen LogP contribution in [0.1, 0.15) is 5.82 Å². The third-order valence-corrected chi connectivity index (χ3v) is 2.50. The van der Waals surface area contributed by atoms with Crippen LogP contribution in [0.5, 0.6) is 5.75 Å². The molecule has 0 saturated heterocycles. The van der Waals surface area contributed by atoms with Crippen LogP contribution >= 0.6 is 12.6 Å². The van der Waals surface area contributed by atoms with Crippen molar-refractivity contribution in [1.29, 1.82) is 0 Å². The van der Waals surface area contributed by atoms with Crippen molar-refractivity contribution in [2.24, 2.45) is 0 Å². The Bertz CT molecular complexity index is 442. The van der Waals surface area contributed by atoms with Crippen LogP contribution in [-0.4, -0.2) is 17.1 Å². The van der Waals surface area contributed by atoms with E-state index in [1.54, 1.807) is 13.3 Å². The number of hydrogen-bond donors (Lipinski definition) is 1. The first kappa shape index (κ1) is 11.0. The summed E-state index contributed by atoms with van der Waals surface area (Å²) in [6.07, 6.45) is 1.74. The Hall–Kier alpha value is -1.55. The molecule has 82 valence electrons. The fourth-order valence-corrected chi connectivity index (χ4v) is 1.57. The molecule has 2 rings (SSSR count). The molecule has 0 radical (unpaired) electrons. The summed E-state index contributed by atoms with van der Waals surface area (Å²) in [6.45, 7) is 0. The number of methoxy groups -OCH3 is 1. The first-order valence-corrected chi connectivity index (χ1v) is 5.54. The van der Waals surface area contributed by atoms with Gasteiger partial charge in [-0.2, -0.15) is 12.6 Å². The zero-order valence-corrected chi connectivity index (χ0v) is 9.82. The molecular formula is C12H12N2OS. The highest BCUT2D eigenvalue weighted by atomic mass is 32.1. The maximum Gasteiger partial charge on any atom is 0.138 e. The summed E-state index contributed by atoms with van der Waals surface area (Å²) in [7, 11) is 1.65. The van der Waals surface area contributed by atoms with Gasteiger partial charge in [-0.25, -0.2) is 9.97 Å². The van der Waals surface area contributed by atoms with E-state index in [0.717, 1.165) is 22.8 Å². The van der Waals surface area contributed by atoms with Crippen molar-refractivity contribution in [2.75, 3.05) is 7.11 Å². The molecule has 0 fully saturated rings. The quantitative estimate of drug-likeness (QED) is 0.826. The molecule has 0 aliphatic rings. The first-order chi connectivity index (χ1) is 7.83. The van der Waals surface area contributed by atoms with Gasteiger partial charge in [-0.05, 0) is 18.2 Å². The predicted molar refractivity (Wildman–Crippen MR) is 66.7 cm³/mol. The predicted octanol–water partition coefficient (Wildman–Crippen LogP) is 2.58.